The average molecular weight is 436 g/mol. The third-order valence-corrected chi connectivity index (χ3v) is 6.47. The van der Waals surface area contributed by atoms with Crippen LogP contribution in [0.3, 0.4) is 0 Å². The van der Waals surface area contributed by atoms with Crippen LogP contribution >= 0.6 is 11.8 Å². The highest BCUT2D eigenvalue weighted by molar-refractivity contribution is 7.99. The number of aromatic nitrogens is 2. The summed E-state index contributed by atoms with van der Waals surface area (Å²) < 4.78 is 0. The second kappa shape index (κ2) is 9.13. The Balaban J connectivity index is 1.57. The minimum Gasteiger partial charge on any atom is -0.336 e. The molecule has 2 aromatic carbocycles. The average Bonchev–Trinajstić information content (AvgIpc) is 2.88. The van der Waals surface area contributed by atoms with Crippen molar-refractivity contribution in [2.24, 2.45) is 0 Å². The Labute approximate surface area is 192 Å². The number of hydrogen-bond donors (Lipinski definition) is 0. The van der Waals surface area contributed by atoms with Gasteiger partial charge in [-0.1, -0.05) is 24.3 Å². The third-order valence-electron chi connectivity index (χ3n) is 5.42. The van der Waals surface area contributed by atoms with Crippen molar-refractivity contribution in [2.75, 3.05) is 22.1 Å². The fourth-order valence-electron chi connectivity index (χ4n) is 3.95. The van der Waals surface area contributed by atoms with E-state index in [1.54, 1.807) is 6.20 Å². The standard InChI is InChI=1S/C26H21N5S/c27-17-20-6-3-8-22(16-20)31(23-9-5-12-28-18-23)19-21-7-4-13-29-26(21)30-14-15-32-25-11-2-1-10-24(25)30/h1-13,16,18H,14-15,19H2. The lowest BCUT2D eigenvalue weighted by molar-refractivity contribution is 0.910. The summed E-state index contributed by atoms with van der Waals surface area (Å²) in [6.07, 6.45) is 5.47. The molecule has 3 heterocycles. The Bertz CT molecular complexity index is 1270. The van der Waals surface area contributed by atoms with E-state index in [-0.39, 0.29) is 0 Å². The molecule has 0 bridgehead atoms. The van der Waals surface area contributed by atoms with Crippen LogP contribution in [-0.4, -0.2) is 22.3 Å². The summed E-state index contributed by atoms with van der Waals surface area (Å²) in [6, 6.07) is 26.5. The molecule has 0 spiro atoms. The molecule has 156 valence electrons. The lowest BCUT2D eigenvalue weighted by atomic mass is 10.1. The summed E-state index contributed by atoms with van der Waals surface area (Å²) in [5.41, 5.74) is 4.85. The second-order valence-electron chi connectivity index (χ2n) is 7.41. The first kappa shape index (κ1) is 20.1. The summed E-state index contributed by atoms with van der Waals surface area (Å²) in [4.78, 5) is 14.9. The first-order valence-corrected chi connectivity index (χ1v) is 11.4. The van der Waals surface area contributed by atoms with Crippen molar-refractivity contribution < 1.29 is 0 Å². The summed E-state index contributed by atoms with van der Waals surface area (Å²) >= 11 is 1.89. The van der Waals surface area contributed by atoms with Gasteiger partial charge in [0.25, 0.3) is 0 Å². The van der Waals surface area contributed by atoms with Crippen LogP contribution in [0.15, 0.2) is 96.3 Å². The van der Waals surface area contributed by atoms with Gasteiger partial charge < -0.3 is 9.80 Å². The van der Waals surface area contributed by atoms with E-state index in [0.29, 0.717) is 12.1 Å². The van der Waals surface area contributed by atoms with Gasteiger partial charge in [-0.05, 0) is 48.5 Å². The number of thioether (sulfide) groups is 1. The Morgan fingerprint density at radius 1 is 0.969 bits per heavy atom. The van der Waals surface area contributed by atoms with Gasteiger partial charge in [0.05, 0.1) is 35.7 Å². The van der Waals surface area contributed by atoms with Gasteiger partial charge in [0.1, 0.15) is 5.82 Å². The van der Waals surface area contributed by atoms with Gasteiger partial charge in [-0.15, -0.1) is 11.8 Å². The molecule has 0 atom stereocenters. The van der Waals surface area contributed by atoms with E-state index >= 15 is 0 Å². The summed E-state index contributed by atoms with van der Waals surface area (Å²) in [7, 11) is 0. The Morgan fingerprint density at radius 3 is 2.72 bits per heavy atom. The predicted octanol–water partition coefficient (Wildman–Crippen LogP) is 5.93. The van der Waals surface area contributed by atoms with E-state index in [2.05, 4.69) is 51.2 Å². The maximum absolute atomic E-state index is 9.41. The van der Waals surface area contributed by atoms with Crippen LogP contribution in [0.2, 0.25) is 0 Å². The van der Waals surface area contributed by atoms with Crippen molar-refractivity contribution in [3.05, 3.63) is 103 Å². The topological polar surface area (TPSA) is 56.1 Å². The van der Waals surface area contributed by atoms with Crippen LogP contribution in [-0.2, 0) is 6.54 Å². The van der Waals surface area contributed by atoms with E-state index in [4.69, 9.17) is 4.98 Å². The number of pyridine rings is 2. The molecule has 6 heteroatoms. The number of nitriles is 1. The molecule has 1 aliphatic heterocycles. The van der Waals surface area contributed by atoms with Crippen LogP contribution in [0.4, 0.5) is 22.9 Å². The molecular formula is C26H21N5S. The zero-order valence-corrected chi connectivity index (χ0v) is 18.2. The fraction of sp³-hybridized carbons (Fsp3) is 0.115. The molecule has 4 aromatic rings. The van der Waals surface area contributed by atoms with Crippen molar-refractivity contribution in [3.8, 4) is 6.07 Å². The van der Waals surface area contributed by atoms with Crippen molar-refractivity contribution in [1.82, 2.24) is 9.97 Å². The molecule has 0 N–H and O–H groups in total. The monoisotopic (exact) mass is 435 g/mol. The van der Waals surface area contributed by atoms with Crippen LogP contribution in [0.5, 0.6) is 0 Å². The summed E-state index contributed by atoms with van der Waals surface area (Å²) in [5.74, 6) is 1.98. The largest absolute Gasteiger partial charge is 0.336 e. The first-order valence-electron chi connectivity index (χ1n) is 10.4. The van der Waals surface area contributed by atoms with Crippen molar-refractivity contribution in [2.45, 2.75) is 11.4 Å². The molecule has 0 unspecified atom stereocenters. The molecule has 0 fully saturated rings. The van der Waals surface area contributed by atoms with E-state index in [0.717, 1.165) is 35.1 Å². The number of benzene rings is 2. The van der Waals surface area contributed by atoms with Crippen LogP contribution in [0, 0.1) is 11.3 Å². The van der Waals surface area contributed by atoms with Crippen molar-refractivity contribution in [3.63, 3.8) is 0 Å². The zero-order chi connectivity index (χ0) is 21.8. The maximum Gasteiger partial charge on any atom is 0.138 e. The van der Waals surface area contributed by atoms with Gasteiger partial charge in [0.15, 0.2) is 0 Å². The minimum absolute atomic E-state index is 0.607. The molecular weight excluding hydrogens is 414 g/mol. The predicted molar refractivity (Wildman–Crippen MR) is 130 cm³/mol. The van der Waals surface area contributed by atoms with E-state index in [1.165, 1.54) is 10.6 Å². The molecule has 0 saturated carbocycles. The molecule has 2 aromatic heterocycles. The van der Waals surface area contributed by atoms with Gasteiger partial charge in [0.2, 0.25) is 0 Å². The molecule has 32 heavy (non-hydrogen) atoms. The second-order valence-corrected chi connectivity index (χ2v) is 8.55. The molecule has 0 radical (unpaired) electrons. The highest BCUT2D eigenvalue weighted by Gasteiger charge is 2.23. The first-order chi connectivity index (χ1) is 15.8. The number of anilines is 4. The molecule has 5 rings (SSSR count). The quantitative estimate of drug-likeness (QED) is 0.387. The number of para-hydroxylation sites is 1. The van der Waals surface area contributed by atoms with E-state index < -0.39 is 0 Å². The summed E-state index contributed by atoms with van der Waals surface area (Å²) in [6.45, 7) is 1.51. The molecule has 0 saturated heterocycles. The Kier molecular flexibility index (Phi) is 5.73. The summed E-state index contributed by atoms with van der Waals surface area (Å²) in [5, 5.41) is 9.41. The number of nitrogens with zero attached hydrogens (tertiary/aromatic N) is 5. The molecule has 0 aliphatic carbocycles. The SMILES string of the molecule is N#Cc1cccc(N(Cc2cccnc2N2CCSc3ccccc32)c2cccnc2)c1. The van der Waals surface area contributed by atoms with Gasteiger partial charge >= 0.3 is 0 Å². The molecule has 1 aliphatic rings. The molecule has 0 amide bonds. The van der Waals surface area contributed by atoms with Crippen LogP contribution in [0.25, 0.3) is 0 Å². The lowest BCUT2D eigenvalue weighted by Gasteiger charge is -2.32. The van der Waals surface area contributed by atoms with Gasteiger partial charge in [-0.3, -0.25) is 4.98 Å². The van der Waals surface area contributed by atoms with Gasteiger partial charge in [-0.2, -0.15) is 5.26 Å². The van der Waals surface area contributed by atoms with E-state index in [9.17, 15) is 5.26 Å². The fourth-order valence-corrected chi connectivity index (χ4v) is 4.94. The Morgan fingerprint density at radius 2 is 1.84 bits per heavy atom. The normalized spacial score (nSPS) is 12.7. The van der Waals surface area contributed by atoms with Gasteiger partial charge in [-0.25, -0.2) is 4.98 Å². The van der Waals surface area contributed by atoms with Crippen molar-refractivity contribution in [1.29, 1.82) is 5.26 Å². The van der Waals surface area contributed by atoms with Crippen molar-refractivity contribution >= 4 is 34.6 Å². The number of hydrogen-bond acceptors (Lipinski definition) is 6. The maximum atomic E-state index is 9.41. The number of rotatable bonds is 5. The zero-order valence-electron chi connectivity index (χ0n) is 17.4. The van der Waals surface area contributed by atoms with Crippen LogP contribution < -0.4 is 9.80 Å². The third kappa shape index (κ3) is 4.03. The number of fused-ring (bicyclic) bond motifs is 1. The minimum atomic E-state index is 0.607. The van der Waals surface area contributed by atoms with E-state index in [1.807, 2.05) is 66.6 Å². The molecule has 5 nitrogen and oxygen atoms in total. The smallest absolute Gasteiger partial charge is 0.138 e. The highest BCUT2D eigenvalue weighted by atomic mass is 32.2. The van der Waals surface area contributed by atoms with Crippen LogP contribution in [0.1, 0.15) is 11.1 Å². The highest BCUT2D eigenvalue weighted by Crippen LogP contribution is 2.39. The van der Waals surface area contributed by atoms with Gasteiger partial charge in [0, 0.05) is 40.8 Å². The lowest BCUT2D eigenvalue weighted by Crippen LogP contribution is -2.27. The Hall–Kier alpha value is -3.82.